The van der Waals surface area contributed by atoms with Gasteiger partial charge in [0.05, 0.1) is 0 Å². The highest BCUT2D eigenvalue weighted by Gasteiger charge is 2.33. The lowest BCUT2D eigenvalue weighted by Gasteiger charge is -2.13. The fourth-order valence-electron chi connectivity index (χ4n) is 3.27. The van der Waals surface area contributed by atoms with Crippen molar-refractivity contribution in [1.82, 2.24) is 19.9 Å². The van der Waals surface area contributed by atoms with Crippen molar-refractivity contribution in [3.05, 3.63) is 60.2 Å². The average Bonchev–Trinajstić information content (AvgIpc) is 3.26. The molecule has 0 radical (unpaired) electrons. The molecule has 1 saturated carbocycles. The molecule has 0 unspecified atom stereocenters. The van der Waals surface area contributed by atoms with Gasteiger partial charge in [0.25, 0.3) is 0 Å². The van der Waals surface area contributed by atoms with Crippen LogP contribution in [0.1, 0.15) is 36.9 Å². The molecule has 0 aliphatic heterocycles. The smallest absolute Gasteiger partial charge is 0.433 e. The lowest BCUT2D eigenvalue weighted by molar-refractivity contribution is -0.141. The molecule has 1 fully saturated rings. The number of ether oxygens (including phenoxy) is 1. The van der Waals surface area contributed by atoms with Gasteiger partial charge in [0.15, 0.2) is 11.5 Å². The second-order valence-corrected chi connectivity index (χ2v) is 7.08. The van der Waals surface area contributed by atoms with Crippen molar-refractivity contribution < 1.29 is 17.9 Å². The summed E-state index contributed by atoms with van der Waals surface area (Å²) in [5.41, 5.74) is 0.242. The van der Waals surface area contributed by atoms with Crippen molar-refractivity contribution in [2.24, 2.45) is 0 Å². The standard InChI is InChI=1S/C21H20F3N5O/c22-21(23,24)17-11-18(29-20(28-17)15-7-9-25-10-8-15)26-12-14-5-6-19(27-13-14)30-16-3-1-2-4-16/h5-11,13,16H,1-4,12H2,(H,26,28,29). The quantitative estimate of drug-likeness (QED) is 0.618. The predicted molar refractivity (Wildman–Crippen MR) is 105 cm³/mol. The summed E-state index contributed by atoms with van der Waals surface area (Å²) >= 11 is 0. The highest BCUT2D eigenvalue weighted by atomic mass is 19.4. The maximum absolute atomic E-state index is 13.3. The molecule has 0 aromatic carbocycles. The van der Waals surface area contributed by atoms with Gasteiger partial charge in [-0.2, -0.15) is 13.2 Å². The largest absolute Gasteiger partial charge is 0.474 e. The topological polar surface area (TPSA) is 72.8 Å². The first-order valence-corrected chi connectivity index (χ1v) is 9.69. The molecule has 156 valence electrons. The maximum Gasteiger partial charge on any atom is 0.433 e. The molecule has 0 amide bonds. The molecular weight excluding hydrogens is 395 g/mol. The fraction of sp³-hybridized carbons (Fsp3) is 0.333. The van der Waals surface area contributed by atoms with Crippen LogP contribution in [0.4, 0.5) is 19.0 Å². The SMILES string of the molecule is FC(F)(F)c1cc(NCc2ccc(OC3CCCC3)nc2)nc(-c2ccncc2)n1. The molecule has 3 aromatic heterocycles. The summed E-state index contributed by atoms with van der Waals surface area (Å²) in [6.07, 6.45) is 4.67. The van der Waals surface area contributed by atoms with E-state index in [-0.39, 0.29) is 24.3 Å². The van der Waals surface area contributed by atoms with Crippen molar-refractivity contribution in [3.8, 4) is 17.3 Å². The first-order chi connectivity index (χ1) is 14.5. The summed E-state index contributed by atoms with van der Waals surface area (Å²) in [7, 11) is 0. The van der Waals surface area contributed by atoms with E-state index in [0.29, 0.717) is 11.4 Å². The summed E-state index contributed by atoms with van der Waals surface area (Å²) < 4.78 is 45.7. The van der Waals surface area contributed by atoms with Gasteiger partial charge < -0.3 is 10.1 Å². The number of hydrogen-bond donors (Lipinski definition) is 1. The van der Waals surface area contributed by atoms with E-state index < -0.39 is 11.9 Å². The number of rotatable bonds is 6. The normalized spacial score (nSPS) is 14.6. The van der Waals surface area contributed by atoms with E-state index in [1.165, 1.54) is 25.2 Å². The summed E-state index contributed by atoms with van der Waals surface area (Å²) in [4.78, 5) is 16.0. The zero-order valence-corrected chi connectivity index (χ0v) is 16.1. The van der Waals surface area contributed by atoms with Gasteiger partial charge in [-0.15, -0.1) is 0 Å². The van der Waals surface area contributed by atoms with Gasteiger partial charge >= 0.3 is 6.18 Å². The Balaban J connectivity index is 1.48. The van der Waals surface area contributed by atoms with Crippen LogP contribution in [0.15, 0.2) is 48.9 Å². The molecule has 3 heterocycles. The second kappa shape index (κ2) is 8.64. The van der Waals surface area contributed by atoms with Crippen molar-refractivity contribution in [2.75, 3.05) is 5.32 Å². The minimum absolute atomic E-state index is 0.0202. The molecule has 0 bridgehead atoms. The highest BCUT2D eigenvalue weighted by Crippen LogP contribution is 2.31. The summed E-state index contributed by atoms with van der Waals surface area (Å²) in [6.45, 7) is 0.265. The van der Waals surface area contributed by atoms with Gasteiger partial charge in [-0.3, -0.25) is 4.98 Å². The van der Waals surface area contributed by atoms with Crippen LogP contribution in [0, 0.1) is 0 Å². The number of pyridine rings is 2. The minimum atomic E-state index is -4.58. The Kier molecular flexibility index (Phi) is 5.78. The molecule has 0 saturated heterocycles. The van der Waals surface area contributed by atoms with Crippen molar-refractivity contribution in [1.29, 1.82) is 0 Å². The molecule has 1 aliphatic carbocycles. The number of halogens is 3. The van der Waals surface area contributed by atoms with Gasteiger partial charge in [0, 0.05) is 42.8 Å². The van der Waals surface area contributed by atoms with Gasteiger partial charge in [-0.1, -0.05) is 6.07 Å². The van der Waals surface area contributed by atoms with E-state index in [4.69, 9.17) is 4.74 Å². The highest BCUT2D eigenvalue weighted by molar-refractivity contribution is 5.57. The molecule has 9 heteroatoms. The lowest BCUT2D eigenvalue weighted by Crippen LogP contribution is -2.13. The Morgan fingerprint density at radius 2 is 1.80 bits per heavy atom. The number of anilines is 1. The molecule has 0 spiro atoms. The van der Waals surface area contributed by atoms with Crippen molar-refractivity contribution in [3.63, 3.8) is 0 Å². The third-order valence-electron chi connectivity index (χ3n) is 4.82. The predicted octanol–water partition coefficient (Wildman–Crippen LogP) is 4.89. The van der Waals surface area contributed by atoms with Crippen LogP contribution in [0.3, 0.4) is 0 Å². The van der Waals surface area contributed by atoms with Gasteiger partial charge in [-0.05, 0) is 43.4 Å². The van der Waals surface area contributed by atoms with E-state index in [0.717, 1.165) is 24.5 Å². The van der Waals surface area contributed by atoms with E-state index in [9.17, 15) is 13.2 Å². The Hall–Kier alpha value is -3.23. The number of hydrogen-bond acceptors (Lipinski definition) is 6. The summed E-state index contributed by atoms with van der Waals surface area (Å²) in [5, 5.41) is 2.93. The third kappa shape index (κ3) is 5.03. The Labute approximate surface area is 171 Å². The van der Waals surface area contributed by atoms with Crippen LogP contribution in [0.25, 0.3) is 11.4 Å². The van der Waals surface area contributed by atoms with Crippen LogP contribution >= 0.6 is 0 Å². The Morgan fingerprint density at radius 3 is 2.47 bits per heavy atom. The van der Waals surface area contributed by atoms with Crippen molar-refractivity contribution in [2.45, 2.75) is 44.5 Å². The second-order valence-electron chi connectivity index (χ2n) is 7.08. The molecule has 6 nitrogen and oxygen atoms in total. The van der Waals surface area contributed by atoms with Crippen LogP contribution < -0.4 is 10.1 Å². The maximum atomic E-state index is 13.3. The monoisotopic (exact) mass is 415 g/mol. The zero-order valence-electron chi connectivity index (χ0n) is 16.1. The first-order valence-electron chi connectivity index (χ1n) is 9.69. The van der Waals surface area contributed by atoms with Crippen molar-refractivity contribution >= 4 is 5.82 Å². The van der Waals surface area contributed by atoms with Gasteiger partial charge in [0.1, 0.15) is 11.9 Å². The minimum Gasteiger partial charge on any atom is -0.474 e. The van der Waals surface area contributed by atoms with E-state index >= 15 is 0 Å². The molecule has 4 rings (SSSR count). The molecule has 30 heavy (non-hydrogen) atoms. The summed E-state index contributed by atoms with van der Waals surface area (Å²) in [5.74, 6) is 0.621. The van der Waals surface area contributed by atoms with Gasteiger partial charge in [-0.25, -0.2) is 15.0 Å². The third-order valence-corrected chi connectivity index (χ3v) is 4.82. The molecular formula is C21H20F3N5O. The molecule has 3 aromatic rings. The summed E-state index contributed by atoms with van der Waals surface area (Å²) in [6, 6.07) is 7.63. The van der Waals surface area contributed by atoms with Crippen LogP contribution in [0.5, 0.6) is 5.88 Å². The van der Waals surface area contributed by atoms with E-state index in [1.54, 1.807) is 24.4 Å². The van der Waals surface area contributed by atoms with Crippen LogP contribution in [-0.4, -0.2) is 26.0 Å². The van der Waals surface area contributed by atoms with E-state index in [1.807, 2.05) is 6.07 Å². The number of nitrogens with zero attached hydrogens (tertiary/aromatic N) is 4. The molecule has 1 N–H and O–H groups in total. The van der Waals surface area contributed by atoms with Crippen LogP contribution in [0.2, 0.25) is 0 Å². The number of nitrogens with one attached hydrogen (secondary N) is 1. The first kappa shape index (κ1) is 20.1. The zero-order chi connectivity index (χ0) is 21.0. The van der Waals surface area contributed by atoms with Gasteiger partial charge in [0.2, 0.25) is 5.88 Å². The Morgan fingerprint density at radius 1 is 1.03 bits per heavy atom. The Bertz CT molecular complexity index is 974. The number of alkyl halides is 3. The average molecular weight is 415 g/mol. The lowest BCUT2D eigenvalue weighted by atomic mass is 10.2. The molecule has 0 atom stereocenters. The fourth-order valence-corrected chi connectivity index (χ4v) is 3.27. The van der Waals surface area contributed by atoms with E-state index in [2.05, 4.69) is 25.3 Å². The number of aromatic nitrogens is 4. The van der Waals surface area contributed by atoms with Crippen LogP contribution in [-0.2, 0) is 12.7 Å². The molecule has 1 aliphatic rings.